The Balaban J connectivity index is 2.29. The number of hydrogen-bond donors (Lipinski definition) is 2. The molecule has 1 aromatic rings. The third-order valence-electron chi connectivity index (χ3n) is 3.63. The van der Waals surface area contributed by atoms with E-state index in [2.05, 4.69) is 5.32 Å². The van der Waals surface area contributed by atoms with Crippen LogP contribution in [0.5, 0.6) is 0 Å². The monoisotopic (exact) mass is 299 g/mol. The predicted molar refractivity (Wildman–Crippen MR) is 75.9 cm³/mol. The summed E-state index contributed by atoms with van der Waals surface area (Å²) >= 11 is 0. The van der Waals surface area contributed by atoms with Gasteiger partial charge in [-0.2, -0.15) is 0 Å². The quantitative estimate of drug-likeness (QED) is 0.879. The lowest BCUT2D eigenvalue weighted by atomic mass is 10.2. The maximum absolute atomic E-state index is 12.3. The summed E-state index contributed by atoms with van der Waals surface area (Å²) in [5, 5.41) is 8.09. The summed E-state index contributed by atoms with van der Waals surface area (Å²) in [6.45, 7) is 3.78. The molecule has 0 unspecified atom stereocenters. The van der Waals surface area contributed by atoms with E-state index in [0.29, 0.717) is 5.69 Å². The molecule has 1 fully saturated rings. The molecule has 0 bridgehead atoms. The first-order valence-corrected chi connectivity index (χ1v) is 8.39. The van der Waals surface area contributed by atoms with Gasteiger partial charge in [0.25, 0.3) is 5.91 Å². The Morgan fingerprint density at radius 1 is 1.40 bits per heavy atom. The SMILES string of the molecule is CC(C)n1cc(S(N)(=O)=O)cc1C(=O)NC1CCCC1. The molecule has 2 rings (SSSR count). The van der Waals surface area contributed by atoms with Crippen LogP contribution in [0.1, 0.15) is 56.1 Å². The van der Waals surface area contributed by atoms with Crippen LogP contribution in [0.2, 0.25) is 0 Å². The number of rotatable bonds is 4. The second-order valence-corrected chi connectivity index (χ2v) is 7.12. The van der Waals surface area contributed by atoms with Crippen LogP contribution in [-0.2, 0) is 10.0 Å². The van der Waals surface area contributed by atoms with E-state index in [9.17, 15) is 13.2 Å². The van der Waals surface area contributed by atoms with E-state index >= 15 is 0 Å². The van der Waals surface area contributed by atoms with E-state index in [-0.39, 0.29) is 22.9 Å². The minimum Gasteiger partial charge on any atom is -0.348 e. The predicted octanol–water partition coefficient (Wildman–Crippen LogP) is 1.39. The summed E-state index contributed by atoms with van der Waals surface area (Å²) in [4.78, 5) is 12.3. The number of primary sulfonamides is 1. The van der Waals surface area contributed by atoms with Crippen molar-refractivity contribution in [1.29, 1.82) is 0 Å². The van der Waals surface area contributed by atoms with Gasteiger partial charge in [0.1, 0.15) is 10.6 Å². The molecule has 1 amide bonds. The van der Waals surface area contributed by atoms with Crippen LogP contribution in [-0.4, -0.2) is 24.9 Å². The van der Waals surface area contributed by atoms with Gasteiger partial charge in [0, 0.05) is 18.3 Å². The minimum atomic E-state index is -3.80. The molecular weight excluding hydrogens is 278 g/mol. The van der Waals surface area contributed by atoms with Crippen molar-refractivity contribution >= 4 is 15.9 Å². The van der Waals surface area contributed by atoms with Crippen LogP contribution in [0, 0.1) is 0 Å². The Morgan fingerprint density at radius 3 is 2.50 bits per heavy atom. The molecular formula is C13H21N3O3S. The van der Waals surface area contributed by atoms with E-state index in [1.54, 1.807) is 4.57 Å². The fourth-order valence-corrected chi connectivity index (χ4v) is 3.08. The Hall–Kier alpha value is -1.34. The molecule has 1 heterocycles. The zero-order chi connectivity index (χ0) is 14.9. The molecule has 6 nitrogen and oxygen atoms in total. The van der Waals surface area contributed by atoms with Crippen molar-refractivity contribution in [2.75, 3.05) is 0 Å². The first-order chi connectivity index (χ1) is 9.29. The number of aromatic nitrogens is 1. The van der Waals surface area contributed by atoms with Gasteiger partial charge in [-0.05, 0) is 32.8 Å². The number of hydrogen-bond acceptors (Lipinski definition) is 3. The molecule has 0 aromatic carbocycles. The molecule has 3 N–H and O–H groups in total. The fourth-order valence-electron chi connectivity index (χ4n) is 2.55. The average molecular weight is 299 g/mol. The van der Waals surface area contributed by atoms with Crippen LogP contribution in [0.3, 0.4) is 0 Å². The highest BCUT2D eigenvalue weighted by molar-refractivity contribution is 7.89. The van der Waals surface area contributed by atoms with Gasteiger partial charge in [0.15, 0.2) is 0 Å². The van der Waals surface area contributed by atoms with Crippen molar-refractivity contribution < 1.29 is 13.2 Å². The van der Waals surface area contributed by atoms with Gasteiger partial charge in [0.05, 0.1) is 0 Å². The summed E-state index contributed by atoms with van der Waals surface area (Å²) in [6.07, 6.45) is 5.63. The zero-order valence-electron chi connectivity index (χ0n) is 11.8. The smallest absolute Gasteiger partial charge is 0.268 e. The van der Waals surface area contributed by atoms with Crippen molar-refractivity contribution in [3.8, 4) is 0 Å². The highest BCUT2D eigenvalue weighted by Crippen LogP contribution is 2.21. The van der Waals surface area contributed by atoms with Crippen molar-refractivity contribution in [2.24, 2.45) is 5.14 Å². The Kier molecular flexibility index (Phi) is 4.19. The maximum atomic E-state index is 12.3. The van der Waals surface area contributed by atoms with Gasteiger partial charge >= 0.3 is 0 Å². The summed E-state index contributed by atoms with van der Waals surface area (Å²) < 4.78 is 24.5. The molecule has 1 saturated carbocycles. The molecule has 0 aliphatic heterocycles. The van der Waals surface area contributed by atoms with E-state index in [0.717, 1.165) is 25.7 Å². The van der Waals surface area contributed by atoms with Gasteiger partial charge < -0.3 is 9.88 Å². The van der Waals surface area contributed by atoms with Crippen LogP contribution in [0.4, 0.5) is 0 Å². The summed E-state index contributed by atoms with van der Waals surface area (Å²) in [6, 6.07) is 1.52. The number of nitrogens with one attached hydrogen (secondary N) is 1. The van der Waals surface area contributed by atoms with Crippen molar-refractivity contribution in [3.05, 3.63) is 18.0 Å². The van der Waals surface area contributed by atoms with Crippen LogP contribution >= 0.6 is 0 Å². The Labute approximate surface area is 119 Å². The zero-order valence-corrected chi connectivity index (χ0v) is 12.6. The molecule has 0 saturated heterocycles. The highest BCUT2D eigenvalue weighted by atomic mass is 32.2. The third kappa shape index (κ3) is 3.21. The first kappa shape index (κ1) is 15.1. The lowest BCUT2D eigenvalue weighted by Crippen LogP contribution is -2.34. The van der Waals surface area contributed by atoms with Gasteiger partial charge in [-0.3, -0.25) is 4.79 Å². The molecule has 0 spiro atoms. The summed E-state index contributed by atoms with van der Waals surface area (Å²) in [5.74, 6) is -0.236. The van der Waals surface area contributed by atoms with E-state index in [4.69, 9.17) is 5.14 Å². The lowest BCUT2D eigenvalue weighted by molar-refractivity contribution is 0.0927. The maximum Gasteiger partial charge on any atom is 0.268 e. The van der Waals surface area contributed by atoms with E-state index < -0.39 is 10.0 Å². The van der Waals surface area contributed by atoms with Gasteiger partial charge in [-0.1, -0.05) is 12.8 Å². The normalized spacial score (nSPS) is 16.8. The number of nitrogens with zero attached hydrogens (tertiary/aromatic N) is 1. The number of sulfonamides is 1. The van der Waals surface area contributed by atoms with Crippen molar-refractivity contribution in [2.45, 2.75) is 56.5 Å². The van der Waals surface area contributed by atoms with Gasteiger partial charge in [-0.25, -0.2) is 13.6 Å². The largest absolute Gasteiger partial charge is 0.348 e. The molecule has 20 heavy (non-hydrogen) atoms. The fraction of sp³-hybridized carbons (Fsp3) is 0.615. The first-order valence-electron chi connectivity index (χ1n) is 6.84. The lowest BCUT2D eigenvalue weighted by Gasteiger charge is -2.15. The second kappa shape index (κ2) is 5.57. The summed E-state index contributed by atoms with van der Waals surface area (Å²) in [5.41, 5.74) is 0.343. The van der Waals surface area contributed by atoms with Crippen molar-refractivity contribution in [3.63, 3.8) is 0 Å². The van der Waals surface area contributed by atoms with Crippen LogP contribution < -0.4 is 10.5 Å². The highest BCUT2D eigenvalue weighted by Gasteiger charge is 2.23. The number of nitrogens with two attached hydrogens (primary N) is 1. The van der Waals surface area contributed by atoms with Gasteiger partial charge in [-0.15, -0.1) is 0 Å². The molecule has 112 valence electrons. The molecule has 1 aromatic heterocycles. The number of carbonyl (C=O) groups excluding carboxylic acids is 1. The molecule has 1 aliphatic rings. The topological polar surface area (TPSA) is 94.2 Å². The number of carbonyl (C=O) groups is 1. The van der Waals surface area contributed by atoms with E-state index in [1.165, 1.54) is 12.3 Å². The third-order valence-corrected chi connectivity index (χ3v) is 4.51. The standard InChI is InChI=1S/C13H21N3O3S/c1-9(2)16-8-11(20(14,18)19)7-12(16)13(17)15-10-5-3-4-6-10/h7-10H,3-6H2,1-2H3,(H,15,17)(H2,14,18,19). The van der Waals surface area contributed by atoms with E-state index in [1.807, 2.05) is 13.8 Å². The van der Waals surface area contributed by atoms with Crippen LogP contribution in [0.25, 0.3) is 0 Å². The van der Waals surface area contributed by atoms with Crippen molar-refractivity contribution in [1.82, 2.24) is 9.88 Å². The minimum absolute atomic E-state index is 0.0187. The number of amides is 1. The molecule has 0 radical (unpaired) electrons. The van der Waals surface area contributed by atoms with Gasteiger partial charge in [0.2, 0.25) is 10.0 Å². The molecule has 1 aliphatic carbocycles. The molecule has 0 atom stereocenters. The average Bonchev–Trinajstić information content (AvgIpc) is 2.95. The summed E-state index contributed by atoms with van der Waals surface area (Å²) in [7, 11) is -3.80. The Morgan fingerprint density at radius 2 is 2.00 bits per heavy atom. The molecule has 7 heteroatoms. The van der Waals surface area contributed by atoms with Crippen LogP contribution in [0.15, 0.2) is 17.2 Å². The Bertz CT molecular complexity index is 598. The second-order valence-electron chi connectivity index (χ2n) is 5.56.